The molecule has 0 spiro atoms. The summed E-state index contributed by atoms with van der Waals surface area (Å²) in [6.45, 7) is 0. The lowest BCUT2D eigenvalue weighted by Crippen LogP contribution is -2.03. The van der Waals surface area contributed by atoms with Gasteiger partial charge in [-0.2, -0.15) is 0 Å². The van der Waals surface area contributed by atoms with Gasteiger partial charge in [0.1, 0.15) is 0 Å². The Kier molecular flexibility index (Phi) is 5.45. The summed E-state index contributed by atoms with van der Waals surface area (Å²) in [6, 6.07) is 54.1. The van der Waals surface area contributed by atoms with Crippen molar-refractivity contribution in [3.05, 3.63) is 152 Å². The van der Waals surface area contributed by atoms with Crippen LogP contribution in [0, 0.1) is 0 Å². The second-order valence-electron chi connectivity index (χ2n) is 11.8. The number of nitrogens with zero attached hydrogens (tertiary/aromatic N) is 3. The highest BCUT2D eigenvalue weighted by atomic mass is 32.1. The number of aromatic nitrogens is 3. The highest BCUT2D eigenvalue weighted by Crippen LogP contribution is 2.42. The van der Waals surface area contributed by atoms with Crippen molar-refractivity contribution < 1.29 is 0 Å². The summed E-state index contributed by atoms with van der Waals surface area (Å²) < 4.78 is 4.62. The maximum atomic E-state index is 5.46. The van der Waals surface area contributed by atoms with Crippen LogP contribution in [0.3, 0.4) is 0 Å². The Labute approximate surface area is 268 Å². The van der Waals surface area contributed by atoms with E-state index >= 15 is 0 Å². The van der Waals surface area contributed by atoms with Crippen LogP contribution in [0.5, 0.6) is 0 Å². The highest BCUT2D eigenvalue weighted by Gasteiger charge is 2.22. The Morgan fingerprint density at radius 1 is 0.457 bits per heavy atom. The Bertz CT molecular complexity index is 2790. The van der Waals surface area contributed by atoms with Crippen molar-refractivity contribution in [3.8, 4) is 28.3 Å². The van der Waals surface area contributed by atoms with Crippen molar-refractivity contribution in [1.82, 2.24) is 14.5 Å². The quantitative estimate of drug-likeness (QED) is 0.201. The van der Waals surface area contributed by atoms with Gasteiger partial charge in [0.2, 0.25) is 5.95 Å². The van der Waals surface area contributed by atoms with Crippen LogP contribution >= 0.6 is 11.3 Å². The summed E-state index contributed by atoms with van der Waals surface area (Å²) in [6.07, 6.45) is 0. The van der Waals surface area contributed by atoms with Crippen LogP contribution < -0.4 is 0 Å². The number of thiophene rings is 1. The standard InChI is InChI=1S/C42H25N3S/c1-2-10-26(11-3-1)27-18-20-30(21-19-27)38-41-39(33-16-8-9-17-36(33)46-41)44-42(43-38)45-35-25-23-28-12-4-6-14-31(28)37(35)34-24-22-29-13-5-7-15-32(29)40(34)45/h1-25H. The zero-order valence-electron chi connectivity index (χ0n) is 24.7. The van der Waals surface area contributed by atoms with Gasteiger partial charge < -0.3 is 0 Å². The molecule has 3 aromatic heterocycles. The Morgan fingerprint density at radius 3 is 1.91 bits per heavy atom. The third-order valence-electron chi connectivity index (χ3n) is 9.21. The van der Waals surface area contributed by atoms with Crippen LogP contribution in [0.25, 0.3) is 92.0 Å². The Balaban J connectivity index is 1.33. The molecule has 0 fully saturated rings. The smallest absolute Gasteiger partial charge is 0.235 e. The molecule has 0 amide bonds. The highest BCUT2D eigenvalue weighted by molar-refractivity contribution is 7.26. The van der Waals surface area contributed by atoms with Gasteiger partial charge >= 0.3 is 0 Å². The average Bonchev–Trinajstić information content (AvgIpc) is 3.68. The van der Waals surface area contributed by atoms with Crippen LogP contribution in [-0.2, 0) is 0 Å². The summed E-state index contributed by atoms with van der Waals surface area (Å²) in [5, 5.41) is 8.43. The minimum Gasteiger partial charge on any atom is -0.277 e. The van der Waals surface area contributed by atoms with E-state index in [9.17, 15) is 0 Å². The van der Waals surface area contributed by atoms with Gasteiger partial charge in [0.15, 0.2) is 0 Å². The van der Waals surface area contributed by atoms with Crippen LogP contribution in [-0.4, -0.2) is 14.5 Å². The minimum absolute atomic E-state index is 0.685. The predicted octanol–water partition coefficient (Wildman–Crippen LogP) is 11.6. The lowest BCUT2D eigenvalue weighted by Gasteiger charge is -2.12. The first-order chi connectivity index (χ1) is 22.8. The Morgan fingerprint density at radius 2 is 1.09 bits per heavy atom. The molecule has 0 aliphatic rings. The topological polar surface area (TPSA) is 30.7 Å². The zero-order valence-corrected chi connectivity index (χ0v) is 25.5. The number of benzene rings is 7. The van der Waals surface area contributed by atoms with E-state index in [1.54, 1.807) is 11.3 Å². The molecular weight excluding hydrogens is 579 g/mol. The van der Waals surface area contributed by atoms with Crippen LogP contribution in [0.2, 0.25) is 0 Å². The maximum Gasteiger partial charge on any atom is 0.235 e. The second kappa shape index (κ2) is 9.83. The molecule has 3 heterocycles. The molecule has 0 atom stereocenters. The van der Waals surface area contributed by atoms with Crippen molar-refractivity contribution in [2.45, 2.75) is 0 Å². The molecule has 46 heavy (non-hydrogen) atoms. The molecule has 0 unspecified atom stereocenters. The first-order valence-electron chi connectivity index (χ1n) is 15.5. The fraction of sp³-hybridized carbons (Fsp3) is 0. The normalized spacial score (nSPS) is 11.9. The van der Waals surface area contributed by atoms with E-state index in [1.807, 2.05) is 0 Å². The van der Waals surface area contributed by atoms with Gasteiger partial charge in [0, 0.05) is 31.8 Å². The van der Waals surface area contributed by atoms with Crippen molar-refractivity contribution in [2.24, 2.45) is 0 Å². The fourth-order valence-corrected chi connectivity index (χ4v) is 8.23. The van der Waals surface area contributed by atoms with Gasteiger partial charge in [-0.05, 0) is 39.4 Å². The van der Waals surface area contributed by atoms with Gasteiger partial charge in [-0.25, -0.2) is 9.97 Å². The van der Waals surface area contributed by atoms with Gasteiger partial charge in [-0.1, -0.05) is 140 Å². The molecule has 0 aliphatic heterocycles. The third kappa shape index (κ3) is 3.71. The zero-order chi connectivity index (χ0) is 30.2. The first kappa shape index (κ1) is 25.5. The molecule has 0 bridgehead atoms. The van der Waals surface area contributed by atoms with Crippen molar-refractivity contribution in [1.29, 1.82) is 0 Å². The SMILES string of the molecule is c1ccc(-c2ccc(-c3nc(-n4c5ccc6ccccc6c5c5ccc6ccccc6c54)nc4c3sc3ccccc34)cc2)cc1. The number of rotatable bonds is 3. The molecule has 0 N–H and O–H groups in total. The van der Waals surface area contributed by atoms with E-state index in [-0.39, 0.29) is 0 Å². The van der Waals surface area contributed by atoms with E-state index in [1.165, 1.54) is 48.1 Å². The van der Waals surface area contributed by atoms with Crippen LogP contribution in [0.15, 0.2) is 152 Å². The molecule has 214 valence electrons. The van der Waals surface area contributed by atoms with E-state index in [4.69, 9.17) is 9.97 Å². The summed E-state index contributed by atoms with van der Waals surface area (Å²) >= 11 is 1.77. The summed E-state index contributed by atoms with van der Waals surface area (Å²) in [5.74, 6) is 0.685. The van der Waals surface area contributed by atoms with Gasteiger partial charge in [-0.15, -0.1) is 11.3 Å². The van der Waals surface area contributed by atoms with Crippen LogP contribution in [0.4, 0.5) is 0 Å². The molecule has 3 nitrogen and oxygen atoms in total. The molecule has 0 saturated carbocycles. The Hall–Kier alpha value is -5.84. The molecule has 10 rings (SSSR count). The molecule has 0 aliphatic carbocycles. The lowest BCUT2D eigenvalue weighted by atomic mass is 10.0. The first-order valence-corrected chi connectivity index (χ1v) is 16.3. The summed E-state index contributed by atoms with van der Waals surface area (Å²) in [5.41, 5.74) is 7.65. The third-order valence-corrected chi connectivity index (χ3v) is 10.4. The number of hydrogen-bond donors (Lipinski definition) is 0. The summed E-state index contributed by atoms with van der Waals surface area (Å²) in [7, 11) is 0. The lowest BCUT2D eigenvalue weighted by molar-refractivity contribution is 1.02. The van der Waals surface area contributed by atoms with E-state index < -0.39 is 0 Å². The maximum absolute atomic E-state index is 5.46. The van der Waals surface area contributed by atoms with Gasteiger partial charge in [0.25, 0.3) is 0 Å². The monoisotopic (exact) mass is 603 g/mol. The molecule has 0 radical (unpaired) electrons. The molecular formula is C42H25N3S. The van der Waals surface area contributed by atoms with E-state index in [0.29, 0.717) is 5.95 Å². The van der Waals surface area contributed by atoms with E-state index in [0.717, 1.165) is 37.9 Å². The van der Waals surface area contributed by atoms with Crippen molar-refractivity contribution in [2.75, 3.05) is 0 Å². The predicted molar refractivity (Wildman–Crippen MR) is 195 cm³/mol. The van der Waals surface area contributed by atoms with Crippen molar-refractivity contribution in [3.63, 3.8) is 0 Å². The molecule has 10 aromatic rings. The molecule has 4 heteroatoms. The number of hydrogen-bond acceptors (Lipinski definition) is 3. The minimum atomic E-state index is 0.685. The fourth-order valence-electron chi connectivity index (χ4n) is 7.08. The molecule has 7 aromatic carbocycles. The molecule has 0 saturated heterocycles. The van der Waals surface area contributed by atoms with Crippen LogP contribution in [0.1, 0.15) is 0 Å². The van der Waals surface area contributed by atoms with E-state index in [2.05, 4.69) is 156 Å². The van der Waals surface area contributed by atoms with Gasteiger partial charge in [-0.3, -0.25) is 4.57 Å². The van der Waals surface area contributed by atoms with Crippen molar-refractivity contribution >= 4 is 75.0 Å². The van der Waals surface area contributed by atoms with Gasteiger partial charge in [0.05, 0.1) is 26.9 Å². The number of fused-ring (bicyclic) bond motifs is 10. The second-order valence-corrected chi connectivity index (χ2v) is 12.8. The summed E-state index contributed by atoms with van der Waals surface area (Å²) in [4.78, 5) is 10.9. The largest absolute Gasteiger partial charge is 0.277 e. The average molecular weight is 604 g/mol.